The van der Waals surface area contributed by atoms with Crippen molar-refractivity contribution in [2.45, 2.75) is 51.8 Å². The summed E-state index contributed by atoms with van der Waals surface area (Å²) in [5.74, 6) is -0.624. The fourth-order valence-electron chi connectivity index (χ4n) is 1.16. The normalized spacial score (nSPS) is 13.3. The van der Waals surface area contributed by atoms with E-state index in [1.165, 1.54) is 6.92 Å². The second-order valence-electron chi connectivity index (χ2n) is 3.75. The molecule has 5 heteroatoms. The number of carbonyl (C=O) groups excluding carboxylic acids is 1. The lowest BCUT2D eigenvalue weighted by Gasteiger charge is -2.18. The van der Waals surface area contributed by atoms with Gasteiger partial charge < -0.3 is 4.74 Å². The highest BCUT2D eigenvalue weighted by atomic mass is 19.4. The lowest BCUT2D eigenvalue weighted by Crippen LogP contribution is -2.21. The quantitative estimate of drug-likeness (QED) is 0.522. The van der Waals surface area contributed by atoms with Gasteiger partial charge in [0.1, 0.15) is 6.10 Å². The first-order chi connectivity index (χ1) is 7.26. The number of carbonyl (C=O) groups is 1. The molecule has 0 bridgehead atoms. The van der Waals surface area contributed by atoms with Crippen molar-refractivity contribution < 1.29 is 22.7 Å². The Morgan fingerprint density at radius 3 is 2.31 bits per heavy atom. The summed E-state index contributed by atoms with van der Waals surface area (Å²) >= 11 is 0. The summed E-state index contributed by atoms with van der Waals surface area (Å²) in [5, 5.41) is 0. The number of rotatable bonds is 6. The van der Waals surface area contributed by atoms with E-state index in [9.17, 15) is 18.0 Å². The minimum absolute atomic E-state index is 0.184. The van der Waals surface area contributed by atoms with Crippen LogP contribution in [0.25, 0.3) is 0 Å². The van der Waals surface area contributed by atoms with E-state index in [1.807, 2.05) is 6.92 Å². The van der Waals surface area contributed by atoms with Gasteiger partial charge in [-0.1, -0.05) is 19.9 Å². The van der Waals surface area contributed by atoms with E-state index < -0.39 is 24.7 Å². The number of alkyl halides is 3. The third-order valence-corrected chi connectivity index (χ3v) is 1.98. The van der Waals surface area contributed by atoms with Crippen molar-refractivity contribution >= 4 is 5.97 Å². The van der Waals surface area contributed by atoms with Gasteiger partial charge in [0, 0.05) is 12.0 Å². The molecule has 0 radical (unpaired) electrons. The zero-order valence-corrected chi connectivity index (χ0v) is 9.56. The van der Waals surface area contributed by atoms with Crippen LogP contribution in [0.3, 0.4) is 0 Å². The molecule has 16 heavy (non-hydrogen) atoms. The molecule has 2 nitrogen and oxygen atoms in total. The molecule has 1 unspecified atom stereocenters. The Bertz CT molecular complexity index is 246. The molecule has 0 spiro atoms. The fourth-order valence-corrected chi connectivity index (χ4v) is 1.16. The van der Waals surface area contributed by atoms with Gasteiger partial charge in [0.2, 0.25) is 0 Å². The van der Waals surface area contributed by atoms with Gasteiger partial charge in [0.15, 0.2) is 0 Å². The molecule has 0 amide bonds. The van der Waals surface area contributed by atoms with Gasteiger partial charge in [-0.15, -0.1) is 0 Å². The van der Waals surface area contributed by atoms with Gasteiger partial charge in [-0.2, -0.15) is 13.2 Å². The van der Waals surface area contributed by atoms with Crippen LogP contribution in [0.2, 0.25) is 0 Å². The largest absolute Gasteiger partial charge is 0.459 e. The molecule has 0 rings (SSSR count). The van der Waals surface area contributed by atoms with Crippen molar-refractivity contribution in [3.8, 4) is 0 Å². The Morgan fingerprint density at radius 2 is 1.94 bits per heavy atom. The molecule has 0 saturated carbocycles. The maximum absolute atomic E-state index is 12.0. The Kier molecular flexibility index (Phi) is 6.14. The number of ether oxygens (including phenoxy) is 1. The zero-order chi connectivity index (χ0) is 12.8. The summed E-state index contributed by atoms with van der Waals surface area (Å²) in [6.07, 6.45) is -4.88. The predicted molar refractivity (Wildman–Crippen MR) is 54.9 cm³/mol. The highest BCUT2D eigenvalue weighted by Crippen LogP contribution is 2.24. The van der Waals surface area contributed by atoms with Crippen LogP contribution in [0, 0.1) is 0 Å². The van der Waals surface area contributed by atoms with Crippen LogP contribution in [-0.4, -0.2) is 18.2 Å². The van der Waals surface area contributed by atoms with Gasteiger partial charge in [-0.3, -0.25) is 0 Å². The molecule has 0 fully saturated rings. The molecule has 0 aromatic rings. The van der Waals surface area contributed by atoms with Crippen LogP contribution >= 0.6 is 0 Å². The molecule has 0 saturated heterocycles. The van der Waals surface area contributed by atoms with E-state index >= 15 is 0 Å². The van der Waals surface area contributed by atoms with E-state index in [2.05, 4.69) is 6.58 Å². The van der Waals surface area contributed by atoms with Crippen molar-refractivity contribution in [1.82, 2.24) is 0 Å². The maximum Gasteiger partial charge on any atom is 0.389 e. The molecular formula is C11H17F3O2. The molecule has 0 aliphatic rings. The predicted octanol–water partition coefficient (Wildman–Crippen LogP) is 3.62. The first kappa shape index (κ1) is 15.0. The lowest BCUT2D eigenvalue weighted by molar-refractivity contribution is -0.154. The average molecular weight is 238 g/mol. The monoisotopic (exact) mass is 238 g/mol. The van der Waals surface area contributed by atoms with E-state index in [0.29, 0.717) is 12.8 Å². The fraction of sp³-hybridized carbons (Fsp3) is 0.727. The number of hydrogen-bond donors (Lipinski definition) is 0. The third kappa shape index (κ3) is 7.31. The number of esters is 1. The van der Waals surface area contributed by atoms with E-state index in [1.54, 1.807) is 0 Å². The van der Waals surface area contributed by atoms with Crippen LogP contribution in [0.5, 0.6) is 0 Å². The Labute approximate surface area is 93.5 Å². The Hall–Kier alpha value is -1.00. The molecule has 0 aromatic carbocycles. The molecule has 0 aromatic heterocycles. The number of hydrogen-bond acceptors (Lipinski definition) is 2. The average Bonchev–Trinajstić information content (AvgIpc) is 2.13. The van der Waals surface area contributed by atoms with Crippen LogP contribution in [-0.2, 0) is 9.53 Å². The Morgan fingerprint density at radius 1 is 1.38 bits per heavy atom. The van der Waals surface area contributed by atoms with Crippen LogP contribution in [0.4, 0.5) is 13.2 Å². The first-order valence-electron chi connectivity index (χ1n) is 5.19. The molecule has 0 heterocycles. The summed E-state index contributed by atoms with van der Waals surface area (Å²) < 4.78 is 40.9. The topological polar surface area (TPSA) is 26.3 Å². The van der Waals surface area contributed by atoms with Crippen molar-refractivity contribution in [3.05, 3.63) is 12.2 Å². The summed E-state index contributed by atoms with van der Waals surface area (Å²) in [5.41, 5.74) is 0.202. The molecule has 0 aliphatic heterocycles. The van der Waals surface area contributed by atoms with Gasteiger partial charge in [0.05, 0.1) is 0 Å². The highest BCUT2D eigenvalue weighted by molar-refractivity contribution is 5.87. The molecule has 0 N–H and O–H groups in total. The van der Waals surface area contributed by atoms with Gasteiger partial charge in [0.25, 0.3) is 0 Å². The van der Waals surface area contributed by atoms with Crippen molar-refractivity contribution in [1.29, 1.82) is 0 Å². The van der Waals surface area contributed by atoms with Crippen molar-refractivity contribution in [2.75, 3.05) is 0 Å². The van der Waals surface area contributed by atoms with E-state index in [0.717, 1.165) is 0 Å². The van der Waals surface area contributed by atoms with Gasteiger partial charge in [-0.05, 0) is 19.8 Å². The zero-order valence-electron chi connectivity index (χ0n) is 9.56. The molecule has 94 valence electrons. The van der Waals surface area contributed by atoms with Gasteiger partial charge in [-0.25, -0.2) is 4.79 Å². The maximum atomic E-state index is 12.0. The van der Waals surface area contributed by atoms with Crippen molar-refractivity contribution in [3.63, 3.8) is 0 Å². The third-order valence-electron chi connectivity index (χ3n) is 1.98. The van der Waals surface area contributed by atoms with Crippen LogP contribution < -0.4 is 0 Å². The minimum atomic E-state index is -4.21. The summed E-state index contributed by atoms with van der Waals surface area (Å²) in [4.78, 5) is 11.1. The van der Waals surface area contributed by atoms with E-state index in [-0.39, 0.29) is 12.0 Å². The summed E-state index contributed by atoms with van der Waals surface area (Å²) in [6.45, 7) is 6.68. The second kappa shape index (κ2) is 6.55. The van der Waals surface area contributed by atoms with E-state index in [4.69, 9.17) is 4.74 Å². The standard InChI is InChI=1S/C11H17F3O2/c1-4-5-9(6-7-11(12,13)14)16-10(15)8(2)3/h9H,2,4-7H2,1,3H3. The molecule has 0 aliphatic carbocycles. The Balaban J connectivity index is 4.17. The smallest absolute Gasteiger partial charge is 0.389 e. The second-order valence-corrected chi connectivity index (χ2v) is 3.75. The van der Waals surface area contributed by atoms with Crippen LogP contribution in [0.1, 0.15) is 39.5 Å². The van der Waals surface area contributed by atoms with Crippen molar-refractivity contribution in [2.24, 2.45) is 0 Å². The first-order valence-corrected chi connectivity index (χ1v) is 5.19. The lowest BCUT2D eigenvalue weighted by atomic mass is 10.1. The van der Waals surface area contributed by atoms with Crippen LogP contribution in [0.15, 0.2) is 12.2 Å². The molecule has 1 atom stereocenters. The number of halogens is 3. The van der Waals surface area contributed by atoms with Gasteiger partial charge >= 0.3 is 12.1 Å². The minimum Gasteiger partial charge on any atom is -0.459 e. The SMILES string of the molecule is C=C(C)C(=O)OC(CCC)CCC(F)(F)F. The molecular weight excluding hydrogens is 221 g/mol. The highest BCUT2D eigenvalue weighted by Gasteiger charge is 2.29. The summed E-state index contributed by atoms with van der Waals surface area (Å²) in [6, 6.07) is 0. The summed E-state index contributed by atoms with van der Waals surface area (Å²) in [7, 11) is 0.